The van der Waals surface area contributed by atoms with E-state index in [0.717, 1.165) is 30.9 Å². The lowest BCUT2D eigenvalue weighted by Gasteiger charge is -2.34. The second-order valence-corrected chi connectivity index (χ2v) is 5.48. The van der Waals surface area contributed by atoms with Crippen LogP contribution in [0.1, 0.15) is 43.9 Å². The molecule has 3 nitrogen and oxygen atoms in total. The summed E-state index contributed by atoms with van der Waals surface area (Å²) in [4.78, 5) is 2.49. The monoisotopic (exact) mass is 250 g/mol. The molecule has 0 aromatic carbocycles. The van der Waals surface area contributed by atoms with Crippen molar-refractivity contribution in [3.05, 3.63) is 23.7 Å². The van der Waals surface area contributed by atoms with Crippen LogP contribution >= 0.6 is 0 Å². The Labute approximate surface area is 111 Å². The first-order valence-electron chi connectivity index (χ1n) is 7.17. The molecule has 1 N–H and O–H groups in total. The quantitative estimate of drug-likeness (QED) is 0.871. The van der Waals surface area contributed by atoms with E-state index < -0.39 is 0 Å². The lowest BCUT2D eigenvalue weighted by atomic mass is 9.90. The van der Waals surface area contributed by atoms with E-state index in [9.17, 15) is 0 Å². The van der Waals surface area contributed by atoms with Crippen LogP contribution in [-0.4, -0.2) is 30.6 Å². The Morgan fingerprint density at radius 1 is 1.33 bits per heavy atom. The predicted molar refractivity (Wildman–Crippen MR) is 74.6 cm³/mol. The van der Waals surface area contributed by atoms with Gasteiger partial charge in [-0.15, -0.1) is 0 Å². The molecule has 0 radical (unpaired) electrons. The molecular formula is C15H26N2O. The van der Waals surface area contributed by atoms with Crippen molar-refractivity contribution in [1.82, 2.24) is 10.2 Å². The fourth-order valence-electron chi connectivity index (χ4n) is 2.98. The molecule has 1 fully saturated rings. The van der Waals surface area contributed by atoms with E-state index in [1.807, 2.05) is 6.92 Å². The van der Waals surface area contributed by atoms with Gasteiger partial charge in [-0.2, -0.15) is 0 Å². The molecule has 1 heterocycles. The molecule has 0 atom stereocenters. The molecule has 1 aliphatic carbocycles. The molecule has 1 saturated carbocycles. The maximum atomic E-state index is 5.37. The van der Waals surface area contributed by atoms with Crippen molar-refractivity contribution < 1.29 is 4.42 Å². The van der Waals surface area contributed by atoms with Gasteiger partial charge in [-0.05, 0) is 52.3 Å². The third kappa shape index (κ3) is 3.36. The molecule has 18 heavy (non-hydrogen) atoms. The first-order chi connectivity index (χ1) is 8.70. The minimum atomic E-state index is 0.731. The van der Waals surface area contributed by atoms with Crippen molar-refractivity contribution in [3.8, 4) is 0 Å². The first kappa shape index (κ1) is 13.6. The first-order valence-corrected chi connectivity index (χ1v) is 7.17. The summed E-state index contributed by atoms with van der Waals surface area (Å²) in [6.45, 7) is 6.35. The van der Waals surface area contributed by atoms with E-state index in [0.29, 0.717) is 0 Å². The van der Waals surface area contributed by atoms with Crippen LogP contribution < -0.4 is 5.32 Å². The van der Waals surface area contributed by atoms with Crippen molar-refractivity contribution in [2.75, 3.05) is 13.6 Å². The highest BCUT2D eigenvalue weighted by Crippen LogP contribution is 2.24. The highest BCUT2D eigenvalue weighted by Gasteiger charge is 2.23. The van der Waals surface area contributed by atoms with Crippen LogP contribution in [0.4, 0.5) is 0 Å². The van der Waals surface area contributed by atoms with Crippen molar-refractivity contribution in [2.24, 2.45) is 0 Å². The number of hydrogen-bond acceptors (Lipinski definition) is 3. The van der Waals surface area contributed by atoms with Gasteiger partial charge in [-0.1, -0.05) is 6.92 Å². The van der Waals surface area contributed by atoms with Crippen LogP contribution in [0.5, 0.6) is 0 Å². The second kappa shape index (κ2) is 6.39. The minimum Gasteiger partial charge on any atom is -0.469 e. The Morgan fingerprint density at radius 2 is 2.06 bits per heavy atom. The number of rotatable bonds is 5. The van der Waals surface area contributed by atoms with Gasteiger partial charge in [0.1, 0.15) is 5.76 Å². The molecule has 0 amide bonds. The van der Waals surface area contributed by atoms with E-state index in [-0.39, 0.29) is 0 Å². The SMILES string of the molecule is CCNC1CCC(N(C)Cc2ccoc2C)CC1. The average Bonchev–Trinajstić information content (AvgIpc) is 2.76. The van der Waals surface area contributed by atoms with Crippen LogP contribution in [0.3, 0.4) is 0 Å². The molecule has 102 valence electrons. The standard InChI is InChI=1S/C15H26N2O/c1-4-16-14-5-7-15(8-6-14)17(3)11-13-9-10-18-12(13)2/h9-10,14-16H,4-8,11H2,1-3H3. The molecule has 0 unspecified atom stereocenters. The van der Waals surface area contributed by atoms with Gasteiger partial charge < -0.3 is 9.73 Å². The Kier molecular flexibility index (Phi) is 4.84. The van der Waals surface area contributed by atoms with Gasteiger partial charge in [0.2, 0.25) is 0 Å². The predicted octanol–water partition coefficient (Wildman–Crippen LogP) is 2.94. The van der Waals surface area contributed by atoms with Crippen LogP contribution in [0.2, 0.25) is 0 Å². The Bertz CT molecular complexity index is 353. The maximum absolute atomic E-state index is 5.37. The Morgan fingerprint density at radius 3 is 2.61 bits per heavy atom. The summed E-state index contributed by atoms with van der Waals surface area (Å²) >= 11 is 0. The number of aryl methyl sites for hydroxylation is 1. The Balaban J connectivity index is 1.80. The van der Waals surface area contributed by atoms with Gasteiger partial charge in [0.05, 0.1) is 6.26 Å². The van der Waals surface area contributed by atoms with E-state index >= 15 is 0 Å². The van der Waals surface area contributed by atoms with Gasteiger partial charge in [0.25, 0.3) is 0 Å². The summed E-state index contributed by atoms with van der Waals surface area (Å²) in [5.74, 6) is 1.06. The van der Waals surface area contributed by atoms with Gasteiger partial charge in [0, 0.05) is 24.2 Å². The number of nitrogens with one attached hydrogen (secondary N) is 1. The second-order valence-electron chi connectivity index (χ2n) is 5.48. The Hall–Kier alpha value is -0.800. The van der Waals surface area contributed by atoms with Crippen molar-refractivity contribution in [3.63, 3.8) is 0 Å². The van der Waals surface area contributed by atoms with E-state index in [1.165, 1.54) is 31.2 Å². The smallest absolute Gasteiger partial charge is 0.105 e. The lowest BCUT2D eigenvalue weighted by molar-refractivity contribution is 0.168. The van der Waals surface area contributed by atoms with Crippen molar-refractivity contribution >= 4 is 0 Å². The maximum Gasteiger partial charge on any atom is 0.105 e. The minimum absolute atomic E-state index is 0.731. The fraction of sp³-hybridized carbons (Fsp3) is 0.733. The molecule has 3 heteroatoms. The molecule has 2 rings (SSSR count). The van der Waals surface area contributed by atoms with Gasteiger partial charge in [0.15, 0.2) is 0 Å². The number of hydrogen-bond donors (Lipinski definition) is 1. The highest BCUT2D eigenvalue weighted by molar-refractivity contribution is 5.15. The molecule has 1 aromatic rings. The zero-order valence-corrected chi connectivity index (χ0v) is 11.9. The van der Waals surface area contributed by atoms with Crippen LogP contribution in [0.25, 0.3) is 0 Å². The summed E-state index contributed by atoms with van der Waals surface area (Å²) in [6, 6.07) is 3.57. The van der Waals surface area contributed by atoms with Crippen molar-refractivity contribution in [2.45, 2.75) is 58.2 Å². The molecular weight excluding hydrogens is 224 g/mol. The highest BCUT2D eigenvalue weighted by atomic mass is 16.3. The fourth-order valence-corrected chi connectivity index (χ4v) is 2.98. The van der Waals surface area contributed by atoms with E-state index in [4.69, 9.17) is 4.42 Å². The van der Waals surface area contributed by atoms with E-state index in [1.54, 1.807) is 6.26 Å². The van der Waals surface area contributed by atoms with Gasteiger partial charge in [-0.25, -0.2) is 0 Å². The van der Waals surface area contributed by atoms with Gasteiger partial charge in [-0.3, -0.25) is 4.90 Å². The molecule has 1 aliphatic rings. The third-order valence-electron chi connectivity index (χ3n) is 4.20. The summed E-state index contributed by atoms with van der Waals surface area (Å²) in [5.41, 5.74) is 1.33. The number of nitrogens with zero attached hydrogens (tertiary/aromatic N) is 1. The average molecular weight is 250 g/mol. The summed E-state index contributed by atoms with van der Waals surface area (Å²) in [5, 5.41) is 3.57. The van der Waals surface area contributed by atoms with Crippen molar-refractivity contribution in [1.29, 1.82) is 0 Å². The summed E-state index contributed by atoms with van der Waals surface area (Å²) < 4.78 is 5.37. The number of furan rings is 1. The van der Waals surface area contributed by atoms with Crippen LogP contribution in [0, 0.1) is 6.92 Å². The zero-order valence-electron chi connectivity index (χ0n) is 11.9. The molecule has 0 saturated heterocycles. The topological polar surface area (TPSA) is 28.4 Å². The van der Waals surface area contributed by atoms with E-state index in [2.05, 4.69) is 30.3 Å². The molecule has 1 aromatic heterocycles. The molecule has 0 aliphatic heterocycles. The molecule has 0 spiro atoms. The molecule has 0 bridgehead atoms. The van der Waals surface area contributed by atoms with Gasteiger partial charge >= 0.3 is 0 Å². The largest absolute Gasteiger partial charge is 0.469 e. The summed E-state index contributed by atoms with van der Waals surface area (Å²) in [7, 11) is 2.24. The third-order valence-corrected chi connectivity index (χ3v) is 4.20. The zero-order chi connectivity index (χ0) is 13.0. The normalized spacial score (nSPS) is 24.7. The van der Waals surface area contributed by atoms with Crippen LogP contribution in [-0.2, 0) is 6.54 Å². The summed E-state index contributed by atoms with van der Waals surface area (Å²) in [6.07, 6.45) is 7.04. The lowest BCUT2D eigenvalue weighted by Crippen LogP contribution is -2.40. The van der Waals surface area contributed by atoms with Crippen LogP contribution in [0.15, 0.2) is 16.7 Å².